The zero-order valence-electron chi connectivity index (χ0n) is 33.2. The summed E-state index contributed by atoms with van der Waals surface area (Å²) < 4.78 is 26.2. The van der Waals surface area contributed by atoms with E-state index >= 15 is 0 Å². The zero-order valence-corrected chi connectivity index (χ0v) is 33.2. The second-order valence-corrected chi connectivity index (χ2v) is 19.9. The molecular formula is C41H70N2O7. The number of fused-ring (bicyclic) bond motifs is 4. The quantitative estimate of drug-likeness (QED) is 0.343. The fourth-order valence-electron chi connectivity index (χ4n) is 14.5. The lowest BCUT2D eigenvalue weighted by Crippen LogP contribution is -2.60. The molecule has 9 heteroatoms. The molecule has 7 aliphatic rings. The minimum atomic E-state index is -1.03. The second-order valence-electron chi connectivity index (χ2n) is 19.9. The molecule has 15 unspecified atom stereocenters. The van der Waals surface area contributed by atoms with E-state index in [0.29, 0.717) is 48.8 Å². The van der Waals surface area contributed by atoms with Crippen molar-refractivity contribution in [1.29, 1.82) is 0 Å². The van der Waals surface area contributed by atoms with Crippen molar-refractivity contribution >= 4 is 5.91 Å². The van der Waals surface area contributed by atoms with E-state index < -0.39 is 17.8 Å². The Labute approximate surface area is 302 Å². The van der Waals surface area contributed by atoms with Crippen LogP contribution in [-0.2, 0) is 23.7 Å². The first-order valence-corrected chi connectivity index (χ1v) is 20.2. The van der Waals surface area contributed by atoms with Crippen molar-refractivity contribution in [3.05, 3.63) is 0 Å². The lowest BCUT2D eigenvalue weighted by Gasteiger charge is -2.64. The van der Waals surface area contributed by atoms with Gasteiger partial charge in [-0.2, -0.15) is 0 Å². The van der Waals surface area contributed by atoms with E-state index in [2.05, 4.69) is 39.5 Å². The van der Waals surface area contributed by atoms with Crippen molar-refractivity contribution in [3.63, 3.8) is 0 Å². The van der Waals surface area contributed by atoms with Crippen LogP contribution in [0.4, 0.5) is 0 Å². The molecule has 0 aromatic carbocycles. The van der Waals surface area contributed by atoms with Crippen molar-refractivity contribution < 1.29 is 34.0 Å². The molecule has 0 aromatic heterocycles. The first-order chi connectivity index (χ1) is 23.3. The third-order valence-corrected chi connectivity index (χ3v) is 16.9. The predicted octanol–water partition coefficient (Wildman–Crippen LogP) is 5.50. The molecule has 15 atom stereocenters. The highest BCUT2D eigenvalue weighted by atomic mass is 16.7. The van der Waals surface area contributed by atoms with Gasteiger partial charge >= 0.3 is 0 Å². The Hall–Kier alpha value is -0.810. The molecule has 5 aliphatic carbocycles. The van der Waals surface area contributed by atoms with Gasteiger partial charge in [-0.1, -0.05) is 34.6 Å². The highest BCUT2D eigenvalue weighted by Crippen LogP contribution is 2.89. The Morgan fingerprint density at radius 1 is 1.06 bits per heavy atom. The summed E-state index contributed by atoms with van der Waals surface area (Å²) in [5.41, 5.74) is -0.685. The highest BCUT2D eigenvalue weighted by Gasteiger charge is 2.84. The van der Waals surface area contributed by atoms with Crippen LogP contribution in [0.1, 0.15) is 114 Å². The first kappa shape index (κ1) is 37.5. The van der Waals surface area contributed by atoms with Crippen molar-refractivity contribution in [1.82, 2.24) is 9.80 Å². The average Bonchev–Trinajstić information content (AvgIpc) is 3.68. The van der Waals surface area contributed by atoms with Gasteiger partial charge in [-0.15, -0.1) is 0 Å². The maximum Gasteiger partial charge on any atom is 0.239 e. The van der Waals surface area contributed by atoms with Gasteiger partial charge in [0.2, 0.25) is 5.91 Å². The van der Waals surface area contributed by atoms with Crippen molar-refractivity contribution in [3.8, 4) is 0 Å². The minimum absolute atomic E-state index is 0.00357. The molecule has 0 bridgehead atoms. The van der Waals surface area contributed by atoms with Gasteiger partial charge in [-0.3, -0.25) is 9.69 Å². The van der Waals surface area contributed by atoms with Gasteiger partial charge in [0.15, 0.2) is 6.29 Å². The molecule has 0 radical (unpaired) electrons. The number of ether oxygens (including phenoxy) is 4. The number of morpholine rings is 1. The Morgan fingerprint density at radius 2 is 1.74 bits per heavy atom. The van der Waals surface area contributed by atoms with Gasteiger partial charge in [-0.05, 0) is 124 Å². The van der Waals surface area contributed by atoms with Gasteiger partial charge < -0.3 is 34.1 Å². The van der Waals surface area contributed by atoms with E-state index in [0.717, 1.165) is 32.2 Å². The smallest absolute Gasteiger partial charge is 0.239 e. The normalized spacial score (nSPS) is 49.4. The largest absolute Gasteiger partial charge is 0.390 e. The molecule has 2 saturated heterocycles. The van der Waals surface area contributed by atoms with E-state index in [-0.39, 0.29) is 58.2 Å². The van der Waals surface area contributed by atoms with E-state index in [9.17, 15) is 15.0 Å². The summed E-state index contributed by atoms with van der Waals surface area (Å²) in [6.07, 6.45) is 7.39. The van der Waals surface area contributed by atoms with Crippen molar-refractivity contribution in [2.75, 3.05) is 40.4 Å². The van der Waals surface area contributed by atoms with Crippen LogP contribution < -0.4 is 0 Å². The van der Waals surface area contributed by atoms with Gasteiger partial charge in [0.25, 0.3) is 0 Å². The number of carbonyl (C=O) groups excluding carboxylic acids is 1. The predicted molar refractivity (Wildman–Crippen MR) is 192 cm³/mol. The van der Waals surface area contributed by atoms with Crippen LogP contribution in [0.2, 0.25) is 0 Å². The Morgan fingerprint density at radius 3 is 2.40 bits per heavy atom. The average molecular weight is 703 g/mol. The number of aliphatic hydroxyl groups is 2. The number of nitrogens with zero attached hydrogens (tertiary/aromatic N) is 2. The Balaban J connectivity index is 1.10. The lowest BCUT2D eigenvalue weighted by atomic mass is 9.41. The monoisotopic (exact) mass is 703 g/mol. The van der Waals surface area contributed by atoms with E-state index in [1.54, 1.807) is 4.90 Å². The zero-order chi connectivity index (χ0) is 36.4. The maximum absolute atomic E-state index is 12.7. The summed E-state index contributed by atoms with van der Waals surface area (Å²) in [6, 6.07) is -0.191. The van der Waals surface area contributed by atoms with Gasteiger partial charge in [0.05, 0.1) is 49.2 Å². The number of rotatable bonds is 8. The lowest BCUT2D eigenvalue weighted by molar-refractivity contribution is -0.250. The molecular weight excluding hydrogens is 632 g/mol. The topological polar surface area (TPSA) is 101 Å². The molecule has 7 rings (SSSR count). The van der Waals surface area contributed by atoms with Crippen LogP contribution in [0.5, 0.6) is 0 Å². The van der Waals surface area contributed by atoms with Crippen molar-refractivity contribution in [2.24, 2.45) is 50.7 Å². The number of likely N-dealkylation sites (N-methyl/N-ethyl adjacent to an activating group) is 1. The van der Waals surface area contributed by atoms with Crippen LogP contribution in [0.3, 0.4) is 0 Å². The van der Waals surface area contributed by atoms with Crippen LogP contribution in [0.25, 0.3) is 0 Å². The number of hydrogen-bond acceptors (Lipinski definition) is 8. The molecule has 50 heavy (non-hydrogen) atoms. The van der Waals surface area contributed by atoms with Crippen LogP contribution in [0.15, 0.2) is 0 Å². The standard InChI is InChI=1S/C41H70N2O7/c1-12-47-34(37(6,7)46)26-21-24(2)31-32(49-26)33(44)39(9)28-14-13-27-36(4,5)29(15-16-40(27)23-41(28,40)18-17-38(31,39)8)50-30-22-43(19-20-48-30)25(3)35(45)42(10)11/h24-34,44,46H,12-23H2,1-11H3. The van der Waals surface area contributed by atoms with E-state index in [4.69, 9.17) is 18.9 Å². The summed E-state index contributed by atoms with van der Waals surface area (Å²) in [7, 11) is 3.64. The highest BCUT2D eigenvalue weighted by molar-refractivity contribution is 5.80. The van der Waals surface area contributed by atoms with Crippen molar-refractivity contribution in [2.45, 2.75) is 162 Å². The van der Waals surface area contributed by atoms with E-state index in [1.807, 2.05) is 41.8 Å². The fraction of sp³-hybridized carbons (Fsp3) is 0.976. The van der Waals surface area contributed by atoms with E-state index in [1.165, 1.54) is 25.7 Å². The minimum Gasteiger partial charge on any atom is -0.390 e. The summed E-state index contributed by atoms with van der Waals surface area (Å²) in [5.74, 6) is 1.83. The van der Waals surface area contributed by atoms with Crippen LogP contribution >= 0.6 is 0 Å². The molecule has 0 aromatic rings. The molecule has 2 spiro atoms. The van der Waals surface area contributed by atoms with Gasteiger partial charge in [0.1, 0.15) is 6.10 Å². The fourth-order valence-corrected chi connectivity index (χ4v) is 14.5. The number of hydrogen-bond donors (Lipinski definition) is 2. The third kappa shape index (κ3) is 5.12. The summed E-state index contributed by atoms with van der Waals surface area (Å²) in [4.78, 5) is 16.6. The summed E-state index contributed by atoms with van der Waals surface area (Å²) in [5, 5.41) is 23.7. The Kier molecular flexibility index (Phi) is 9.27. The molecule has 2 aliphatic heterocycles. The van der Waals surface area contributed by atoms with Crippen LogP contribution in [-0.4, -0.2) is 115 Å². The van der Waals surface area contributed by atoms with Gasteiger partial charge in [-0.25, -0.2) is 0 Å². The molecule has 7 fully saturated rings. The van der Waals surface area contributed by atoms with Gasteiger partial charge in [0, 0.05) is 32.7 Å². The summed E-state index contributed by atoms with van der Waals surface area (Å²) in [6.45, 7) is 22.3. The molecule has 2 heterocycles. The molecule has 5 saturated carbocycles. The summed E-state index contributed by atoms with van der Waals surface area (Å²) >= 11 is 0. The molecule has 2 N–H and O–H groups in total. The molecule has 9 nitrogen and oxygen atoms in total. The second kappa shape index (κ2) is 12.4. The number of aliphatic hydroxyl groups excluding tert-OH is 1. The number of carbonyl (C=O) groups is 1. The Bertz CT molecular complexity index is 1300. The first-order valence-electron chi connectivity index (χ1n) is 20.2. The molecule has 286 valence electrons. The van der Waals surface area contributed by atoms with Crippen LogP contribution in [0, 0.1) is 50.7 Å². The maximum atomic E-state index is 12.7. The molecule has 1 amide bonds. The number of amides is 1. The third-order valence-electron chi connectivity index (χ3n) is 16.9. The SMILES string of the molecule is CCOC(C1CC(C)C2C(O1)C(O)C1(C)C3CCC4C(C)(C)C(OC5CN(C(C)C(=O)N(C)C)CCO5)CCC45CC35CCC21C)C(C)(C)O.